The number of halogens is 2. The van der Waals surface area contributed by atoms with Crippen LogP contribution in [0.15, 0.2) is 61.4 Å². The third kappa shape index (κ3) is 4.92. The van der Waals surface area contributed by atoms with Gasteiger partial charge in [0.05, 0.1) is 6.21 Å². The first kappa shape index (κ1) is 19.1. The van der Waals surface area contributed by atoms with E-state index in [-0.39, 0.29) is 5.76 Å². The summed E-state index contributed by atoms with van der Waals surface area (Å²) >= 11 is 6.33. The Morgan fingerprint density at radius 1 is 1.22 bits per heavy atom. The van der Waals surface area contributed by atoms with Gasteiger partial charge in [0.1, 0.15) is 15.9 Å². The van der Waals surface area contributed by atoms with Crippen LogP contribution in [-0.2, 0) is 7.05 Å². The fourth-order valence-electron chi connectivity index (χ4n) is 2.04. The van der Waals surface area contributed by atoms with Crippen molar-refractivity contribution in [3.05, 3.63) is 68.8 Å². The Morgan fingerprint density at radius 3 is 2.56 bits per heavy atom. The molecular formula is C17H12Br2N4O4. The van der Waals surface area contributed by atoms with Crippen LogP contribution in [0.3, 0.4) is 0 Å². The first-order chi connectivity index (χ1) is 12.9. The highest BCUT2D eigenvalue weighted by atomic mass is 79.9. The lowest BCUT2D eigenvalue weighted by Crippen LogP contribution is -2.16. The van der Waals surface area contributed by atoms with Crippen molar-refractivity contribution in [1.82, 2.24) is 15.2 Å². The van der Waals surface area contributed by atoms with Crippen molar-refractivity contribution >= 4 is 50.0 Å². The molecule has 1 amide bonds. The summed E-state index contributed by atoms with van der Waals surface area (Å²) in [6.45, 7) is 0. The largest absolute Gasteiger partial charge is 0.444 e. The van der Waals surface area contributed by atoms with Gasteiger partial charge in [0.2, 0.25) is 0 Å². The second-order valence-corrected chi connectivity index (χ2v) is 6.80. The Labute approximate surface area is 170 Å². The lowest BCUT2D eigenvalue weighted by atomic mass is 10.2. The summed E-state index contributed by atoms with van der Waals surface area (Å²) in [4.78, 5) is 23.9. The van der Waals surface area contributed by atoms with E-state index in [4.69, 9.17) is 9.15 Å². The maximum atomic E-state index is 12.1. The van der Waals surface area contributed by atoms with E-state index in [1.165, 1.54) is 17.0 Å². The van der Waals surface area contributed by atoms with Crippen molar-refractivity contribution < 1.29 is 18.7 Å². The number of esters is 1. The number of carbonyl (C=O) groups is 2. The minimum atomic E-state index is -0.520. The van der Waals surface area contributed by atoms with Gasteiger partial charge in [-0.15, -0.1) is 0 Å². The average Bonchev–Trinajstić information content (AvgIpc) is 3.21. The number of ether oxygens (including phenoxy) is 1. The molecule has 27 heavy (non-hydrogen) atoms. The van der Waals surface area contributed by atoms with Crippen LogP contribution < -0.4 is 10.2 Å². The van der Waals surface area contributed by atoms with Crippen LogP contribution in [0, 0.1) is 0 Å². The Morgan fingerprint density at radius 2 is 1.96 bits per heavy atom. The van der Waals surface area contributed by atoms with Crippen LogP contribution >= 0.6 is 31.9 Å². The van der Waals surface area contributed by atoms with Crippen molar-refractivity contribution in [3.63, 3.8) is 0 Å². The molecule has 0 aliphatic heterocycles. The molecule has 0 bridgehead atoms. The quantitative estimate of drug-likeness (QED) is 0.252. The molecule has 10 heteroatoms. The van der Waals surface area contributed by atoms with Gasteiger partial charge in [-0.1, -0.05) is 0 Å². The molecule has 0 aliphatic carbocycles. The Hall–Kier alpha value is -2.72. The normalized spacial score (nSPS) is 10.9. The number of aromatic nitrogens is 2. The molecule has 8 nitrogen and oxygen atoms in total. The third-order valence-corrected chi connectivity index (χ3v) is 4.28. The molecule has 1 N–H and O–H groups in total. The van der Waals surface area contributed by atoms with Gasteiger partial charge in [-0.3, -0.25) is 9.48 Å². The number of amides is 1. The van der Waals surface area contributed by atoms with E-state index in [2.05, 4.69) is 47.5 Å². The van der Waals surface area contributed by atoms with Crippen LogP contribution in [0.25, 0.3) is 0 Å². The van der Waals surface area contributed by atoms with Gasteiger partial charge in [-0.2, -0.15) is 10.2 Å². The van der Waals surface area contributed by atoms with Gasteiger partial charge in [0.15, 0.2) is 10.4 Å². The molecule has 3 rings (SSSR count). The summed E-state index contributed by atoms with van der Waals surface area (Å²) in [5.41, 5.74) is 3.39. The molecule has 3 aromatic rings. The number of nitrogens with one attached hydrogen (secondary N) is 1. The van der Waals surface area contributed by atoms with Crippen molar-refractivity contribution in [3.8, 4) is 5.75 Å². The van der Waals surface area contributed by atoms with Crippen molar-refractivity contribution in [2.75, 3.05) is 0 Å². The minimum absolute atomic E-state index is 0.142. The number of rotatable bonds is 5. The second-order valence-electron chi connectivity index (χ2n) is 5.27. The van der Waals surface area contributed by atoms with E-state index in [0.29, 0.717) is 26.1 Å². The van der Waals surface area contributed by atoms with Crippen LogP contribution in [0.1, 0.15) is 26.5 Å². The molecule has 2 aromatic heterocycles. The molecule has 0 radical (unpaired) electrons. The topological polar surface area (TPSA) is 98.7 Å². The number of aryl methyl sites for hydroxylation is 1. The summed E-state index contributed by atoms with van der Waals surface area (Å²) in [5.74, 6) is -0.474. The maximum Gasteiger partial charge on any atom is 0.347 e. The summed E-state index contributed by atoms with van der Waals surface area (Å²) in [6, 6.07) is 9.77. The van der Waals surface area contributed by atoms with E-state index in [1.807, 2.05) is 0 Å². The predicted molar refractivity (Wildman–Crippen MR) is 104 cm³/mol. The monoisotopic (exact) mass is 494 g/mol. The zero-order valence-electron chi connectivity index (χ0n) is 13.8. The van der Waals surface area contributed by atoms with E-state index in [0.717, 1.165) is 0 Å². The number of hydrogen-bond donors (Lipinski definition) is 1. The summed E-state index contributed by atoms with van der Waals surface area (Å²) in [5, 5.41) is 7.89. The lowest BCUT2D eigenvalue weighted by Gasteiger charge is -2.03. The number of hydrogen-bond acceptors (Lipinski definition) is 6. The number of carbonyl (C=O) groups excluding carboxylic acids is 2. The third-order valence-electron chi connectivity index (χ3n) is 3.27. The van der Waals surface area contributed by atoms with Crippen LogP contribution in [-0.4, -0.2) is 27.9 Å². The molecule has 1 aromatic carbocycles. The van der Waals surface area contributed by atoms with Crippen molar-refractivity contribution in [1.29, 1.82) is 0 Å². The van der Waals surface area contributed by atoms with Gasteiger partial charge in [-0.05, 0) is 73.8 Å². The fraction of sp³-hybridized carbons (Fsp3) is 0.0588. The Bertz CT molecular complexity index is 1010. The molecule has 0 fully saturated rings. The van der Waals surface area contributed by atoms with Crippen LogP contribution in [0.4, 0.5) is 0 Å². The van der Waals surface area contributed by atoms with E-state index in [9.17, 15) is 9.59 Å². The summed E-state index contributed by atoms with van der Waals surface area (Å²) < 4.78 is 12.8. The number of furan rings is 1. The standard InChI is InChI=1S/C17H12Br2N4O4/c1-23-9-12(15(19)22-23)17(25)26-11-4-2-10(3-5-11)8-20-21-16(24)13-6-7-14(18)27-13/h2-9H,1H3,(H,21,24)/b20-8+. The number of benzene rings is 1. The van der Waals surface area contributed by atoms with E-state index in [1.54, 1.807) is 43.6 Å². The Balaban J connectivity index is 1.57. The molecule has 138 valence electrons. The smallest absolute Gasteiger partial charge is 0.347 e. The highest BCUT2D eigenvalue weighted by Gasteiger charge is 2.16. The van der Waals surface area contributed by atoms with Crippen molar-refractivity contribution in [2.24, 2.45) is 12.1 Å². The van der Waals surface area contributed by atoms with E-state index >= 15 is 0 Å². The summed E-state index contributed by atoms with van der Waals surface area (Å²) in [7, 11) is 1.71. The molecule has 0 unspecified atom stereocenters. The highest BCUT2D eigenvalue weighted by Crippen LogP contribution is 2.18. The second kappa shape index (κ2) is 8.31. The van der Waals surface area contributed by atoms with Gasteiger partial charge in [0.25, 0.3) is 0 Å². The van der Waals surface area contributed by atoms with Crippen molar-refractivity contribution in [2.45, 2.75) is 0 Å². The first-order valence-electron chi connectivity index (χ1n) is 7.52. The molecule has 0 saturated carbocycles. The Kier molecular flexibility index (Phi) is 5.87. The molecule has 0 atom stereocenters. The number of nitrogens with zero attached hydrogens (tertiary/aromatic N) is 3. The van der Waals surface area contributed by atoms with Crippen LogP contribution in [0.5, 0.6) is 5.75 Å². The molecule has 0 aliphatic rings. The maximum absolute atomic E-state index is 12.1. The van der Waals surface area contributed by atoms with E-state index < -0.39 is 11.9 Å². The first-order valence-corrected chi connectivity index (χ1v) is 9.11. The van der Waals surface area contributed by atoms with Gasteiger partial charge in [0, 0.05) is 13.2 Å². The van der Waals surface area contributed by atoms with Gasteiger partial charge in [-0.25, -0.2) is 10.2 Å². The molecule has 2 heterocycles. The summed E-state index contributed by atoms with van der Waals surface area (Å²) in [6.07, 6.45) is 3.02. The molecule has 0 spiro atoms. The molecular weight excluding hydrogens is 484 g/mol. The highest BCUT2D eigenvalue weighted by molar-refractivity contribution is 9.10. The molecule has 0 saturated heterocycles. The SMILES string of the molecule is Cn1cc(C(=O)Oc2ccc(/C=N/NC(=O)c3ccc(Br)o3)cc2)c(Br)n1. The zero-order chi connectivity index (χ0) is 19.4. The zero-order valence-corrected chi connectivity index (χ0v) is 17.0. The average molecular weight is 496 g/mol. The minimum Gasteiger partial charge on any atom is -0.444 e. The predicted octanol–water partition coefficient (Wildman–Crippen LogP) is 3.52. The lowest BCUT2D eigenvalue weighted by molar-refractivity contribution is 0.0733. The van der Waals surface area contributed by atoms with Gasteiger partial charge >= 0.3 is 11.9 Å². The van der Waals surface area contributed by atoms with Crippen LogP contribution in [0.2, 0.25) is 0 Å². The van der Waals surface area contributed by atoms with Gasteiger partial charge < -0.3 is 9.15 Å². The number of hydrazone groups is 1. The fourth-order valence-corrected chi connectivity index (χ4v) is 2.86.